The zero-order chi connectivity index (χ0) is 7.61. The van der Waals surface area contributed by atoms with E-state index in [4.69, 9.17) is 11.6 Å². The smallest absolute Gasteiger partial charge is 0.109 e. The second-order valence-corrected chi connectivity index (χ2v) is 4.23. The van der Waals surface area contributed by atoms with Gasteiger partial charge in [-0.2, -0.15) is 12.6 Å². The van der Waals surface area contributed by atoms with Crippen molar-refractivity contribution in [2.24, 2.45) is 0 Å². The summed E-state index contributed by atoms with van der Waals surface area (Å²) in [5, 5.41) is 0. The second-order valence-electron chi connectivity index (χ2n) is 2.32. The maximum Gasteiger partial charge on any atom is 0.109 e. The monoisotopic (exact) mass is 172 g/mol. The van der Waals surface area contributed by atoms with E-state index in [1.54, 1.807) is 0 Å². The number of benzene rings is 1. The molecule has 0 saturated heterocycles. The van der Waals surface area contributed by atoms with Crippen molar-refractivity contribution in [3.8, 4) is 0 Å². The molecule has 0 aliphatic heterocycles. The Balaban J connectivity index is 2.97. The number of thiol groups is 1. The predicted octanol–water partition coefficient (Wildman–Crippen LogP) is 3.03. The van der Waals surface area contributed by atoms with Crippen LogP contribution in [-0.2, 0) is 4.21 Å². The highest BCUT2D eigenvalue weighted by Crippen LogP contribution is 2.31. The lowest BCUT2D eigenvalue weighted by Crippen LogP contribution is -2.02. The molecular weight excluding hydrogens is 164 g/mol. The Hall–Kier alpha value is -0.140. The molecule has 0 nitrogen and oxygen atoms in total. The molecule has 0 saturated carbocycles. The Bertz CT molecular complexity index is 200. The fraction of sp³-hybridized carbons (Fsp3) is 0.250. The predicted molar refractivity (Wildman–Crippen MR) is 48.6 cm³/mol. The summed E-state index contributed by atoms with van der Waals surface area (Å²) < 4.78 is -0.540. The van der Waals surface area contributed by atoms with Crippen LogP contribution in [-0.4, -0.2) is 0 Å². The molecule has 0 N–H and O–H groups in total. The van der Waals surface area contributed by atoms with Gasteiger partial charge in [-0.25, -0.2) is 0 Å². The molecular formula is C8H9ClS. The lowest BCUT2D eigenvalue weighted by atomic mass is 10.2. The minimum Gasteiger partial charge on any atom is -0.152 e. The first-order valence-corrected chi connectivity index (χ1v) is 3.90. The lowest BCUT2D eigenvalue weighted by molar-refractivity contribution is 1.00. The summed E-state index contributed by atoms with van der Waals surface area (Å²) >= 11 is 10.1. The van der Waals surface area contributed by atoms with Crippen LogP contribution < -0.4 is 0 Å². The summed E-state index contributed by atoms with van der Waals surface area (Å²) in [4.78, 5) is 0. The van der Waals surface area contributed by atoms with Crippen LogP contribution in [0, 0.1) is 0 Å². The summed E-state index contributed by atoms with van der Waals surface area (Å²) in [6.45, 7) is 1.85. The van der Waals surface area contributed by atoms with Gasteiger partial charge in [-0.3, -0.25) is 0 Å². The van der Waals surface area contributed by atoms with E-state index in [9.17, 15) is 0 Å². The molecule has 10 heavy (non-hydrogen) atoms. The van der Waals surface area contributed by atoms with Crippen LogP contribution in [0.2, 0.25) is 0 Å². The molecule has 54 valence electrons. The molecule has 0 bridgehead atoms. The zero-order valence-corrected chi connectivity index (χ0v) is 7.36. The highest BCUT2D eigenvalue weighted by Gasteiger charge is 2.15. The van der Waals surface area contributed by atoms with Gasteiger partial charge < -0.3 is 0 Å². The first-order valence-electron chi connectivity index (χ1n) is 3.07. The third-order valence-electron chi connectivity index (χ3n) is 1.30. The van der Waals surface area contributed by atoms with Gasteiger partial charge in [0.25, 0.3) is 0 Å². The van der Waals surface area contributed by atoms with Crippen LogP contribution >= 0.6 is 24.2 Å². The van der Waals surface area contributed by atoms with Crippen molar-refractivity contribution in [2.75, 3.05) is 0 Å². The van der Waals surface area contributed by atoms with Crippen LogP contribution in [0.1, 0.15) is 12.5 Å². The number of alkyl halides is 1. The van der Waals surface area contributed by atoms with Crippen molar-refractivity contribution in [3.63, 3.8) is 0 Å². The van der Waals surface area contributed by atoms with Crippen molar-refractivity contribution in [1.82, 2.24) is 0 Å². The van der Waals surface area contributed by atoms with Gasteiger partial charge in [0.05, 0.1) is 0 Å². The van der Waals surface area contributed by atoms with Gasteiger partial charge in [-0.15, -0.1) is 11.6 Å². The van der Waals surface area contributed by atoms with E-state index >= 15 is 0 Å². The second kappa shape index (κ2) is 2.85. The molecule has 0 aliphatic carbocycles. The molecule has 0 radical (unpaired) electrons. The average molecular weight is 173 g/mol. The fourth-order valence-corrected chi connectivity index (χ4v) is 1.02. The molecule has 0 fully saturated rings. The van der Waals surface area contributed by atoms with E-state index < -0.39 is 4.21 Å². The van der Waals surface area contributed by atoms with E-state index in [0.717, 1.165) is 5.56 Å². The lowest BCUT2D eigenvalue weighted by Gasteiger charge is -2.13. The van der Waals surface area contributed by atoms with Crippen molar-refractivity contribution in [2.45, 2.75) is 11.1 Å². The Labute approximate surface area is 71.6 Å². The molecule has 2 heteroatoms. The SMILES string of the molecule is CC(S)(Cl)c1ccccc1. The van der Waals surface area contributed by atoms with Crippen molar-refractivity contribution in [3.05, 3.63) is 35.9 Å². The minimum atomic E-state index is -0.540. The van der Waals surface area contributed by atoms with E-state index in [1.807, 2.05) is 37.3 Å². The summed E-state index contributed by atoms with van der Waals surface area (Å²) in [5.41, 5.74) is 1.03. The highest BCUT2D eigenvalue weighted by atomic mass is 35.5. The van der Waals surface area contributed by atoms with Crippen molar-refractivity contribution >= 4 is 24.2 Å². The standard InChI is InChI=1S/C8H9ClS/c1-8(9,10)7-5-3-2-4-6-7/h2-6,10H,1H3. The molecule has 1 aromatic carbocycles. The quantitative estimate of drug-likeness (QED) is 0.489. The normalized spacial score (nSPS) is 16.3. The fourth-order valence-electron chi connectivity index (χ4n) is 0.742. The zero-order valence-electron chi connectivity index (χ0n) is 5.71. The van der Waals surface area contributed by atoms with Gasteiger partial charge in [0.2, 0.25) is 0 Å². The van der Waals surface area contributed by atoms with Gasteiger partial charge in [0, 0.05) is 0 Å². The van der Waals surface area contributed by atoms with Crippen LogP contribution in [0.25, 0.3) is 0 Å². The van der Waals surface area contributed by atoms with Gasteiger partial charge >= 0.3 is 0 Å². The van der Waals surface area contributed by atoms with E-state index in [1.165, 1.54) is 0 Å². The van der Waals surface area contributed by atoms with Crippen LogP contribution in [0.4, 0.5) is 0 Å². The van der Waals surface area contributed by atoms with Crippen LogP contribution in [0.5, 0.6) is 0 Å². The summed E-state index contributed by atoms with van der Waals surface area (Å²) in [6, 6.07) is 9.78. The molecule has 1 unspecified atom stereocenters. The molecule has 1 atom stereocenters. The van der Waals surface area contributed by atoms with Crippen molar-refractivity contribution in [1.29, 1.82) is 0 Å². The third-order valence-corrected chi connectivity index (χ3v) is 1.78. The first kappa shape index (κ1) is 7.96. The van der Waals surface area contributed by atoms with Gasteiger partial charge in [0.1, 0.15) is 4.21 Å². The topological polar surface area (TPSA) is 0 Å². The van der Waals surface area contributed by atoms with Gasteiger partial charge in [0.15, 0.2) is 0 Å². The van der Waals surface area contributed by atoms with E-state index in [2.05, 4.69) is 12.6 Å². The number of rotatable bonds is 1. The highest BCUT2D eigenvalue weighted by molar-refractivity contribution is 7.82. The number of hydrogen-bond donors (Lipinski definition) is 1. The van der Waals surface area contributed by atoms with E-state index in [0.29, 0.717) is 0 Å². The average Bonchev–Trinajstić information content (AvgIpc) is 1.88. The van der Waals surface area contributed by atoms with Crippen LogP contribution in [0.15, 0.2) is 30.3 Å². The molecule has 1 aromatic rings. The number of halogens is 1. The molecule has 0 spiro atoms. The van der Waals surface area contributed by atoms with Crippen molar-refractivity contribution < 1.29 is 0 Å². The molecule has 0 aliphatic rings. The molecule has 1 rings (SSSR count). The number of hydrogen-bond acceptors (Lipinski definition) is 1. The summed E-state index contributed by atoms with van der Waals surface area (Å²) in [5.74, 6) is 0. The Kier molecular flexibility index (Phi) is 2.27. The van der Waals surface area contributed by atoms with Crippen LogP contribution in [0.3, 0.4) is 0 Å². The first-order chi connectivity index (χ1) is 4.61. The maximum atomic E-state index is 5.92. The van der Waals surface area contributed by atoms with Gasteiger partial charge in [-0.05, 0) is 12.5 Å². The third kappa shape index (κ3) is 1.93. The minimum absolute atomic E-state index is 0.540. The summed E-state index contributed by atoms with van der Waals surface area (Å²) in [6.07, 6.45) is 0. The molecule has 0 heterocycles. The van der Waals surface area contributed by atoms with Gasteiger partial charge in [-0.1, -0.05) is 30.3 Å². The largest absolute Gasteiger partial charge is 0.152 e. The van der Waals surface area contributed by atoms with E-state index in [-0.39, 0.29) is 0 Å². The Morgan fingerprint density at radius 1 is 1.30 bits per heavy atom. The molecule has 0 amide bonds. The Morgan fingerprint density at radius 3 is 2.10 bits per heavy atom. The Morgan fingerprint density at radius 2 is 1.80 bits per heavy atom. The summed E-state index contributed by atoms with van der Waals surface area (Å²) in [7, 11) is 0. The maximum absolute atomic E-state index is 5.92. The molecule has 0 aromatic heterocycles.